The van der Waals surface area contributed by atoms with Crippen molar-refractivity contribution in [2.75, 3.05) is 0 Å². The van der Waals surface area contributed by atoms with E-state index in [4.69, 9.17) is 5.73 Å². The predicted octanol–water partition coefficient (Wildman–Crippen LogP) is 3.03. The monoisotopic (exact) mass is 358 g/mol. The normalized spacial score (nSPS) is 12.6. The molecule has 0 aliphatic carbocycles. The lowest BCUT2D eigenvalue weighted by atomic mass is 10.2. The third-order valence-corrected chi connectivity index (χ3v) is 2.80. The van der Waals surface area contributed by atoms with Gasteiger partial charge in [-0.1, -0.05) is 12.1 Å². The maximum Gasteiger partial charge on any atom is 0.388 e. The van der Waals surface area contributed by atoms with Gasteiger partial charge in [-0.3, -0.25) is 0 Å². The summed E-state index contributed by atoms with van der Waals surface area (Å²) in [5.41, 5.74) is 5.22. The summed E-state index contributed by atoms with van der Waals surface area (Å²) in [5, 5.41) is 0. The molecule has 5 nitrogen and oxygen atoms in total. The van der Waals surface area contributed by atoms with Crippen molar-refractivity contribution in [3.8, 4) is 0 Å². The second-order valence-electron chi connectivity index (χ2n) is 4.57. The second-order valence-corrected chi connectivity index (χ2v) is 4.57. The lowest BCUT2D eigenvalue weighted by Crippen LogP contribution is -2.12. The molecule has 0 atom stereocenters. The molecule has 2 rings (SSSR count). The van der Waals surface area contributed by atoms with Gasteiger partial charge in [-0.2, -0.15) is 8.78 Å². The summed E-state index contributed by atoms with van der Waals surface area (Å²) in [6, 6.07) is 3.38. The Bertz CT molecular complexity index is 793. The highest BCUT2D eigenvalue weighted by Crippen LogP contribution is 2.13. The van der Waals surface area contributed by atoms with E-state index in [9.17, 15) is 22.0 Å². The summed E-state index contributed by atoms with van der Waals surface area (Å²) in [7, 11) is 0. The Labute approximate surface area is 138 Å². The van der Waals surface area contributed by atoms with E-state index in [0.29, 0.717) is 0 Å². The van der Waals surface area contributed by atoms with Crippen LogP contribution < -0.4 is 5.73 Å². The van der Waals surface area contributed by atoms with E-state index < -0.39 is 36.5 Å². The van der Waals surface area contributed by atoms with Crippen molar-refractivity contribution in [3.05, 3.63) is 65.5 Å². The number of aromatic nitrogens is 2. The fourth-order valence-corrected chi connectivity index (χ4v) is 1.70. The van der Waals surface area contributed by atoms with E-state index in [1.807, 2.05) is 0 Å². The van der Waals surface area contributed by atoms with Crippen LogP contribution in [0.5, 0.6) is 0 Å². The lowest BCUT2D eigenvalue weighted by Gasteiger charge is -2.07. The number of nitrogens with two attached hydrogens (primary N) is 1. The molecule has 1 heterocycles. The Kier molecular flexibility index (Phi) is 5.98. The number of rotatable bonds is 5. The Morgan fingerprint density at radius 3 is 2.52 bits per heavy atom. The molecule has 2 aromatic rings. The molecular formula is C15H11F5N4O. The average Bonchev–Trinajstić information content (AvgIpc) is 2.56. The van der Waals surface area contributed by atoms with Gasteiger partial charge in [0.15, 0.2) is 23.3 Å². The van der Waals surface area contributed by atoms with E-state index in [0.717, 1.165) is 24.5 Å². The van der Waals surface area contributed by atoms with Crippen molar-refractivity contribution < 1.29 is 26.7 Å². The maximum absolute atomic E-state index is 13.6. The lowest BCUT2D eigenvalue weighted by molar-refractivity contribution is -0.0595. The van der Waals surface area contributed by atoms with E-state index in [1.54, 1.807) is 0 Å². The van der Waals surface area contributed by atoms with Crippen molar-refractivity contribution in [1.29, 1.82) is 0 Å². The maximum atomic E-state index is 13.6. The van der Waals surface area contributed by atoms with Gasteiger partial charge in [0.05, 0.1) is 24.6 Å². The molecule has 132 valence electrons. The SMILES string of the molecule is NC(=CC(=NCc1cccc(F)c1F)OC(F)F)c1ncc(F)cn1. The largest absolute Gasteiger partial charge is 0.417 e. The highest BCUT2D eigenvalue weighted by Gasteiger charge is 2.11. The molecule has 0 saturated heterocycles. The molecule has 0 amide bonds. The van der Waals surface area contributed by atoms with E-state index in [2.05, 4.69) is 19.7 Å². The first-order valence-corrected chi connectivity index (χ1v) is 6.74. The topological polar surface area (TPSA) is 73.4 Å². The van der Waals surface area contributed by atoms with Crippen LogP contribution in [0.1, 0.15) is 11.4 Å². The van der Waals surface area contributed by atoms with Crippen molar-refractivity contribution >= 4 is 11.6 Å². The van der Waals surface area contributed by atoms with Gasteiger partial charge in [0.25, 0.3) is 0 Å². The molecule has 0 unspecified atom stereocenters. The number of aliphatic imine (C=N–C) groups is 1. The number of halogens is 5. The smallest absolute Gasteiger partial charge is 0.388 e. The molecule has 0 fully saturated rings. The molecule has 1 aromatic carbocycles. The number of hydrogen-bond acceptors (Lipinski definition) is 5. The summed E-state index contributed by atoms with van der Waals surface area (Å²) >= 11 is 0. The Hall–Kier alpha value is -3.04. The van der Waals surface area contributed by atoms with Crippen molar-refractivity contribution in [1.82, 2.24) is 9.97 Å². The minimum absolute atomic E-state index is 0.149. The number of nitrogens with zero attached hydrogens (tertiary/aromatic N) is 3. The molecule has 0 bridgehead atoms. The van der Waals surface area contributed by atoms with Crippen LogP contribution in [0.4, 0.5) is 22.0 Å². The number of benzene rings is 1. The highest BCUT2D eigenvalue weighted by molar-refractivity contribution is 5.94. The van der Waals surface area contributed by atoms with Gasteiger partial charge >= 0.3 is 6.61 Å². The van der Waals surface area contributed by atoms with Crippen molar-refractivity contribution in [3.63, 3.8) is 0 Å². The molecule has 0 spiro atoms. The average molecular weight is 358 g/mol. The van der Waals surface area contributed by atoms with Gasteiger partial charge in [-0.05, 0) is 6.07 Å². The first kappa shape index (κ1) is 18.3. The summed E-state index contributed by atoms with van der Waals surface area (Å²) in [6.45, 7) is -3.70. The second kappa shape index (κ2) is 8.18. The minimum Gasteiger partial charge on any atom is -0.417 e. The predicted molar refractivity (Wildman–Crippen MR) is 78.7 cm³/mol. The van der Waals surface area contributed by atoms with Crippen LogP contribution in [0.3, 0.4) is 0 Å². The molecule has 0 aliphatic heterocycles. The Balaban J connectivity index is 2.27. The molecule has 0 radical (unpaired) electrons. The molecule has 1 aromatic heterocycles. The number of alkyl halides is 2. The highest BCUT2D eigenvalue weighted by atomic mass is 19.3. The van der Waals surface area contributed by atoms with Crippen molar-refractivity contribution in [2.45, 2.75) is 13.2 Å². The fraction of sp³-hybridized carbons (Fsp3) is 0.133. The quantitative estimate of drug-likeness (QED) is 0.507. The van der Waals surface area contributed by atoms with Crippen molar-refractivity contribution in [2.24, 2.45) is 10.7 Å². The van der Waals surface area contributed by atoms with Crippen LogP contribution in [0.25, 0.3) is 5.70 Å². The standard InChI is InChI=1S/C15H11F5N4O/c16-9-6-23-14(24-7-9)11(21)4-12(25-15(19)20)22-5-8-2-1-3-10(17)13(8)18/h1-4,6-7,15H,5,21H2. The zero-order chi connectivity index (χ0) is 18.4. The van der Waals surface area contributed by atoms with Gasteiger partial charge in [0.1, 0.15) is 0 Å². The molecule has 0 aliphatic rings. The fourth-order valence-electron chi connectivity index (χ4n) is 1.70. The van der Waals surface area contributed by atoms with Gasteiger partial charge in [-0.15, -0.1) is 0 Å². The third kappa shape index (κ3) is 5.23. The molecule has 2 N–H and O–H groups in total. The van der Waals surface area contributed by atoms with Crippen LogP contribution in [0.15, 0.2) is 41.7 Å². The first-order valence-electron chi connectivity index (χ1n) is 6.74. The van der Waals surface area contributed by atoms with Crippen LogP contribution in [-0.2, 0) is 11.3 Å². The number of ether oxygens (including phenoxy) is 1. The first-order chi connectivity index (χ1) is 11.9. The van der Waals surface area contributed by atoms with Gasteiger partial charge in [-0.25, -0.2) is 28.1 Å². The van der Waals surface area contributed by atoms with E-state index in [-0.39, 0.29) is 17.1 Å². The summed E-state index contributed by atoms with van der Waals surface area (Å²) in [4.78, 5) is 10.8. The van der Waals surface area contributed by atoms with Crippen LogP contribution in [0, 0.1) is 17.5 Å². The van der Waals surface area contributed by atoms with Gasteiger partial charge in [0, 0.05) is 11.6 Å². The summed E-state index contributed by atoms with van der Waals surface area (Å²) in [6.07, 6.45) is 2.53. The minimum atomic E-state index is -3.23. The zero-order valence-electron chi connectivity index (χ0n) is 12.5. The van der Waals surface area contributed by atoms with Crippen LogP contribution >= 0.6 is 0 Å². The summed E-state index contributed by atoms with van der Waals surface area (Å²) < 4.78 is 68.6. The zero-order valence-corrected chi connectivity index (χ0v) is 12.5. The Morgan fingerprint density at radius 1 is 1.20 bits per heavy atom. The molecule has 0 saturated carbocycles. The van der Waals surface area contributed by atoms with Crippen LogP contribution in [0.2, 0.25) is 0 Å². The molecule has 10 heteroatoms. The van der Waals surface area contributed by atoms with Crippen LogP contribution in [-0.4, -0.2) is 22.5 Å². The Morgan fingerprint density at radius 2 is 1.88 bits per heavy atom. The van der Waals surface area contributed by atoms with Gasteiger partial charge in [0.2, 0.25) is 5.90 Å². The summed E-state index contributed by atoms with van der Waals surface area (Å²) in [5.74, 6) is -3.76. The van der Waals surface area contributed by atoms with Gasteiger partial charge < -0.3 is 10.5 Å². The van der Waals surface area contributed by atoms with E-state index in [1.165, 1.54) is 12.1 Å². The molecule has 25 heavy (non-hydrogen) atoms. The number of hydrogen-bond donors (Lipinski definition) is 1. The third-order valence-electron chi connectivity index (χ3n) is 2.80. The molecular weight excluding hydrogens is 347 g/mol. The van der Waals surface area contributed by atoms with E-state index >= 15 is 0 Å².